The average Bonchev–Trinajstić information content (AvgIpc) is 3.18. The van der Waals surface area contributed by atoms with E-state index in [4.69, 9.17) is 0 Å². The molecule has 1 unspecified atom stereocenters. The number of aryl methyl sites for hydroxylation is 1. The van der Waals surface area contributed by atoms with Crippen LogP contribution >= 0.6 is 0 Å². The highest BCUT2D eigenvalue weighted by Crippen LogP contribution is 2.27. The van der Waals surface area contributed by atoms with Crippen LogP contribution < -0.4 is 5.56 Å². The molecular formula is C22H32N6O2. The van der Waals surface area contributed by atoms with E-state index in [0.717, 1.165) is 28.7 Å². The van der Waals surface area contributed by atoms with Crippen LogP contribution in [0.25, 0.3) is 10.9 Å². The Morgan fingerprint density at radius 1 is 1.30 bits per heavy atom. The average molecular weight is 413 g/mol. The Balaban J connectivity index is 2.00. The van der Waals surface area contributed by atoms with Gasteiger partial charge in [0.15, 0.2) is 5.82 Å². The summed E-state index contributed by atoms with van der Waals surface area (Å²) in [5.74, 6) is 0.774. The Labute approximate surface area is 176 Å². The van der Waals surface area contributed by atoms with Crippen LogP contribution in [0, 0.1) is 6.92 Å². The predicted molar refractivity (Wildman–Crippen MR) is 117 cm³/mol. The van der Waals surface area contributed by atoms with E-state index in [-0.39, 0.29) is 23.7 Å². The number of pyridine rings is 1. The standard InChI is InChI=1S/C22H32N6O2/c1-6-18(20-24-25-26-28(20)22(3,4)5)27(11-8-12-29)14-17-13-16-10-7-9-15(2)19(16)23-21(17)30/h7,9-10,13,18,29H,6,8,11-12,14H2,1-5H3,(H,23,30). The molecule has 8 nitrogen and oxygen atoms in total. The number of para-hydroxylation sites is 1. The number of H-pyrrole nitrogens is 1. The summed E-state index contributed by atoms with van der Waals surface area (Å²) >= 11 is 0. The Kier molecular flexibility index (Phi) is 6.67. The van der Waals surface area contributed by atoms with Crippen molar-refractivity contribution >= 4 is 10.9 Å². The van der Waals surface area contributed by atoms with Crippen molar-refractivity contribution in [3.8, 4) is 0 Å². The summed E-state index contributed by atoms with van der Waals surface area (Å²) in [5.41, 5.74) is 2.27. The Morgan fingerprint density at radius 3 is 2.73 bits per heavy atom. The number of aliphatic hydroxyl groups is 1. The molecule has 3 rings (SSSR count). The van der Waals surface area contributed by atoms with Crippen molar-refractivity contribution in [2.45, 2.75) is 65.6 Å². The lowest BCUT2D eigenvalue weighted by atomic mass is 10.1. The third kappa shape index (κ3) is 4.60. The van der Waals surface area contributed by atoms with Gasteiger partial charge in [0.05, 0.1) is 17.1 Å². The first-order chi connectivity index (χ1) is 14.3. The molecule has 3 aromatic rings. The minimum atomic E-state index is -0.257. The SMILES string of the molecule is CCC(c1nnnn1C(C)(C)C)N(CCCO)Cc1cc2cccc(C)c2[nH]c1=O. The van der Waals surface area contributed by atoms with Crippen LogP contribution in [0.3, 0.4) is 0 Å². The van der Waals surface area contributed by atoms with Gasteiger partial charge in [0.2, 0.25) is 0 Å². The maximum Gasteiger partial charge on any atom is 0.252 e. The third-order valence-electron chi connectivity index (χ3n) is 5.40. The van der Waals surface area contributed by atoms with E-state index in [9.17, 15) is 9.90 Å². The fourth-order valence-electron chi connectivity index (χ4n) is 3.87. The van der Waals surface area contributed by atoms with E-state index in [1.807, 2.05) is 35.9 Å². The van der Waals surface area contributed by atoms with E-state index < -0.39 is 0 Å². The molecule has 0 aliphatic rings. The van der Waals surface area contributed by atoms with Crippen molar-refractivity contribution in [3.63, 3.8) is 0 Å². The second-order valence-corrected chi connectivity index (χ2v) is 8.75. The summed E-state index contributed by atoms with van der Waals surface area (Å²) in [4.78, 5) is 18.1. The smallest absolute Gasteiger partial charge is 0.252 e. The maximum atomic E-state index is 12.8. The Hall–Kier alpha value is -2.58. The van der Waals surface area contributed by atoms with Crippen molar-refractivity contribution in [1.29, 1.82) is 0 Å². The van der Waals surface area contributed by atoms with Crippen molar-refractivity contribution in [2.75, 3.05) is 13.2 Å². The fourth-order valence-corrected chi connectivity index (χ4v) is 3.87. The highest BCUT2D eigenvalue weighted by Gasteiger charge is 2.29. The topological polar surface area (TPSA) is 99.9 Å². The van der Waals surface area contributed by atoms with Crippen molar-refractivity contribution in [1.82, 2.24) is 30.1 Å². The second-order valence-electron chi connectivity index (χ2n) is 8.75. The molecule has 0 fully saturated rings. The van der Waals surface area contributed by atoms with Crippen molar-refractivity contribution in [3.05, 3.63) is 51.6 Å². The number of aromatic amines is 1. The number of nitrogens with one attached hydrogen (secondary N) is 1. The van der Waals surface area contributed by atoms with Gasteiger partial charge in [0.1, 0.15) is 0 Å². The minimum absolute atomic E-state index is 0.0709. The molecule has 0 bridgehead atoms. The van der Waals surface area contributed by atoms with Gasteiger partial charge < -0.3 is 10.1 Å². The number of nitrogens with zero attached hydrogens (tertiary/aromatic N) is 5. The van der Waals surface area contributed by atoms with Gasteiger partial charge in [-0.05, 0) is 68.0 Å². The van der Waals surface area contributed by atoms with Crippen LogP contribution in [0.2, 0.25) is 0 Å². The maximum absolute atomic E-state index is 12.8. The van der Waals surface area contributed by atoms with Gasteiger partial charge in [-0.1, -0.05) is 25.1 Å². The number of hydrogen-bond acceptors (Lipinski definition) is 6. The van der Waals surface area contributed by atoms with Crippen LogP contribution in [0.4, 0.5) is 0 Å². The number of hydrogen-bond donors (Lipinski definition) is 2. The number of tetrazole rings is 1. The molecular weight excluding hydrogens is 380 g/mol. The Bertz CT molecular complexity index is 1050. The zero-order valence-electron chi connectivity index (χ0n) is 18.5. The Morgan fingerprint density at radius 2 is 2.07 bits per heavy atom. The molecule has 1 atom stereocenters. The lowest BCUT2D eigenvalue weighted by Gasteiger charge is -2.32. The summed E-state index contributed by atoms with van der Waals surface area (Å²) in [6.45, 7) is 11.4. The molecule has 8 heteroatoms. The molecule has 2 N–H and O–H groups in total. The van der Waals surface area contributed by atoms with Gasteiger partial charge >= 0.3 is 0 Å². The summed E-state index contributed by atoms with van der Waals surface area (Å²) in [5, 5.41) is 22.9. The summed E-state index contributed by atoms with van der Waals surface area (Å²) in [7, 11) is 0. The van der Waals surface area contributed by atoms with E-state index in [1.54, 1.807) is 0 Å². The first kappa shape index (κ1) is 22.1. The molecule has 1 aromatic carbocycles. The first-order valence-corrected chi connectivity index (χ1v) is 10.5. The van der Waals surface area contributed by atoms with Crippen molar-refractivity contribution < 1.29 is 5.11 Å². The van der Waals surface area contributed by atoms with Gasteiger partial charge in [-0.2, -0.15) is 0 Å². The van der Waals surface area contributed by atoms with Gasteiger partial charge in [-0.3, -0.25) is 9.69 Å². The minimum Gasteiger partial charge on any atom is -0.396 e. The quantitative estimate of drug-likeness (QED) is 0.590. The van der Waals surface area contributed by atoms with Crippen LogP contribution in [-0.2, 0) is 12.1 Å². The first-order valence-electron chi connectivity index (χ1n) is 10.5. The largest absolute Gasteiger partial charge is 0.396 e. The molecule has 0 saturated heterocycles. The second kappa shape index (κ2) is 9.06. The monoisotopic (exact) mass is 412 g/mol. The number of aliphatic hydroxyl groups excluding tert-OH is 1. The lowest BCUT2D eigenvalue weighted by molar-refractivity contribution is 0.146. The van der Waals surface area contributed by atoms with Crippen LogP contribution in [0.1, 0.15) is 63.5 Å². The number of benzene rings is 1. The van der Waals surface area contributed by atoms with E-state index >= 15 is 0 Å². The lowest BCUT2D eigenvalue weighted by Crippen LogP contribution is -2.36. The van der Waals surface area contributed by atoms with E-state index in [1.165, 1.54) is 0 Å². The molecule has 2 aromatic heterocycles. The fraction of sp³-hybridized carbons (Fsp3) is 0.545. The van der Waals surface area contributed by atoms with E-state index in [2.05, 4.69) is 53.1 Å². The van der Waals surface area contributed by atoms with Gasteiger partial charge in [-0.25, -0.2) is 4.68 Å². The summed E-state index contributed by atoms with van der Waals surface area (Å²) < 4.78 is 1.85. The van der Waals surface area contributed by atoms with Crippen LogP contribution in [0.15, 0.2) is 29.1 Å². The summed E-state index contributed by atoms with van der Waals surface area (Å²) in [6.07, 6.45) is 1.39. The zero-order valence-corrected chi connectivity index (χ0v) is 18.5. The molecule has 30 heavy (non-hydrogen) atoms. The van der Waals surface area contributed by atoms with Crippen LogP contribution in [-0.4, -0.2) is 48.3 Å². The molecule has 0 radical (unpaired) electrons. The van der Waals surface area contributed by atoms with E-state index in [0.29, 0.717) is 25.1 Å². The highest BCUT2D eigenvalue weighted by molar-refractivity contribution is 5.81. The van der Waals surface area contributed by atoms with Crippen LogP contribution in [0.5, 0.6) is 0 Å². The number of rotatable bonds is 8. The normalized spacial score (nSPS) is 13.3. The number of aromatic nitrogens is 5. The molecule has 0 saturated carbocycles. The van der Waals surface area contributed by atoms with Gasteiger partial charge in [0, 0.05) is 25.3 Å². The van der Waals surface area contributed by atoms with Gasteiger partial charge in [0.25, 0.3) is 5.56 Å². The molecule has 2 heterocycles. The van der Waals surface area contributed by atoms with Gasteiger partial charge in [-0.15, -0.1) is 5.10 Å². The molecule has 0 aliphatic heterocycles. The molecule has 162 valence electrons. The highest BCUT2D eigenvalue weighted by atomic mass is 16.3. The zero-order chi connectivity index (χ0) is 21.9. The van der Waals surface area contributed by atoms with Crippen molar-refractivity contribution in [2.24, 2.45) is 0 Å². The summed E-state index contributed by atoms with van der Waals surface area (Å²) in [6, 6.07) is 7.89. The predicted octanol–water partition coefficient (Wildman–Crippen LogP) is 2.91. The molecule has 0 amide bonds. The number of fused-ring (bicyclic) bond motifs is 1. The molecule has 0 spiro atoms. The third-order valence-corrected chi connectivity index (χ3v) is 5.40. The molecule has 0 aliphatic carbocycles.